The highest BCUT2D eigenvalue weighted by atomic mass is 32.1. The van der Waals surface area contributed by atoms with Gasteiger partial charge >= 0.3 is 5.69 Å². The average molecular weight is 237 g/mol. The number of rotatable bonds is 2. The Labute approximate surface area is 95.2 Å². The zero-order valence-electron chi connectivity index (χ0n) is 8.64. The van der Waals surface area contributed by atoms with Gasteiger partial charge in [-0.3, -0.25) is 14.3 Å². The van der Waals surface area contributed by atoms with Crippen LogP contribution >= 0.6 is 11.3 Å². The highest BCUT2D eigenvalue weighted by Crippen LogP contribution is 2.20. The first-order valence-corrected chi connectivity index (χ1v) is 5.67. The average Bonchev–Trinajstić information content (AvgIpc) is 2.67. The van der Waals surface area contributed by atoms with Gasteiger partial charge in [0.1, 0.15) is 5.82 Å². The molecule has 6 heteroatoms. The van der Waals surface area contributed by atoms with Crippen molar-refractivity contribution in [2.24, 2.45) is 0 Å². The molecule has 0 saturated carbocycles. The third-order valence-corrected chi connectivity index (χ3v) is 3.12. The summed E-state index contributed by atoms with van der Waals surface area (Å²) in [5.41, 5.74) is 5.71. The molecule has 1 atom stereocenters. The van der Waals surface area contributed by atoms with Crippen LogP contribution in [-0.4, -0.2) is 9.55 Å². The monoisotopic (exact) mass is 237 g/mol. The van der Waals surface area contributed by atoms with Crippen molar-refractivity contribution in [3.63, 3.8) is 0 Å². The summed E-state index contributed by atoms with van der Waals surface area (Å²) in [4.78, 5) is 24.9. The fraction of sp³-hybridized carbons (Fsp3) is 0.200. The molecule has 0 aliphatic carbocycles. The maximum Gasteiger partial charge on any atom is 0.330 e. The van der Waals surface area contributed by atoms with Crippen LogP contribution in [0.5, 0.6) is 0 Å². The zero-order valence-corrected chi connectivity index (χ0v) is 9.45. The Kier molecular flexibility index (Phi) is 2.66. The number of hydrogen-bond donors (Lipinski definition) is 2. The van der Waals surface area contributed by atoms with Gasteiger partial charge in [-0.1, -0.05) is 0 Å². The molecular formula is C10H11N3O2S. The van der Waals surface area contributed by atoms with Crippen molar-refractivity contribution in [1.29, 1.82) is 0 Å². The van der Waals surface area contributed by atoms with Crippen molar-refractivity contribution in [3.8, 4) is 0 Å². The van der Waals surface area contributed by atoms with Crippen molar-refractivity contribution >= 4 is 17.2 Å². The van der Waals surface area contributed by atoms with E-state index in [-0.39, 0.29) is 11.9 Å². The molecule has 2 rings (SSSR count). The molecule has 3 N–H and O–H groups in total. The lowest BCUT2D eigenvalue weighted by Crippen LogP contribution is -2.33. The molecule has 0 fully saturated rings. The summed E-state index contributed by atoms with van der Waals surface area (Å²) in [5, 5.41) is 3.88. The third-order valence-electron chi connectivity index (χ3n) is 2.42. The summed E-state index contributed by atoms with van der Waals surface area (Å²) >= 11 is 1.55. The molecule has 0 saturated heterocycles. The highest BCUT2D eigenvalue weighted by Gasteiger charge is 2.13. The standard InChI is InChI=1S/C10H11N3O2S/c1-6(7-2-3-16-5-7)13-8(11)4-9(14)12-10(13)15/h2-6H,11H2,1H3,(H,12,14,15). The van der Waals surface area contributed by atoms with Crippen molar-refractivity contribution < 1.29 is 0 Å². The number of hydrogen-bond acceptors (Lipinski definition) is 4. The molecule has 0 aromatic carbocycles. The minimum absolute atomic E-state index is 0.174. The number of nitrogens with two attached hydrogens (primary N) is 1. The molecule has 0 radical (unpaired) electrons. The number of anilines is 1. The van der Waals surface area contributed by atoms with E-state index in [1.54, 1.807) is 11.3 Å². The molecule has 84 valence electrons. The Morgan fingerprint density at radius 3 is 2.81 bits per heavy atom. The van der Waals surface area contributed by atoms with Crippen molar-refractivity contribution in [2.45, 2.75) is 13.0 Å². The number of nitrogen functional groups attached to an aromatic ring is 1. The molecule has 16 heavy (non-hydrogen) atoms. The second kappa shape index (κ2) is 3.97. The van der Waals surface area contributed by atoms with Crippen molar-refractivity contribution in [1.82, 2.24) is 9.55 Å². The number of nitrogens with one attached hydrogen (secondary N) is 1. The number of nitrogens with zero attached hydrogens (tertiary/aromatic N) is 1. The summed E-state index contributed by atoms with van der Waals surface area (Å²) in [6.07, 6.45) is 0. The lowest BCUT2D eigenvalue weighted by atomic mass is 10.2. The minimum Gasteiger partial charge on any atom is -0.385 e. The van der Waals surface area contributed by atoms with Crippen LogP contribution in [-0.2, 0) is 0 Å². The predicted molar refractivity (Wildman–Crippen MR) is 63.9 cm³/mol. The molecule has 0 amide bonds. The number of thiophene rings is 1. The normalized spacial score (nSPS) is 12.6. The van der Waals surface area contributed by atoms with E-state index < -0.39 is 11.2 Å². The van der Waals surface area contributed by atoms with Gasteiger partial charge in [-0.15, -0.1) is 0 Å². The molecule has 0 aliphatic heterocycles. The summed E-state index contributed by atoms with van der Waals surface area (Å²) < 4.78 is 1.36. The van der Waals surface area contributed by atoms with Crippen LogP contribution in [0.2, 0.25) is 0 Å². The number of aromatic amines is 1. The van der Waals surface area contributed by atoms with Crippen LogP contribution in [0.4, 0.5) is 5.82 Å². The molecule has 0 spiro atoms. The van der Waals surface area contributed by atoms with Crippen LogP contribution in [0.25, 0.3) is 0 Å². The first-order valence-electron chi connectivity index (χ1n) is 4.73. The maximum absolute atomic E-state index is 11.6. The first-order chi connectivity index (χ1) is 7.59. The van der Waals surface area contributed by atoms with Gasteiger partial charge in [-0.2, -0.15) is 11.3 Å². The van der Waals surface area contributed by atoms with E-state index >= 15 is 0 Å². The lowest BCUT2D eigenvalue weighted by Gasteiger charge is -2.15. The fourth-order valence-electron chi connectivity index (χ4n) is 1.58. The molecular weight excluding hydrogens is 226 g/mol. The van der Waals surface area contributed by atoms with Gasteiger partial charge in [0.25, 0.3) is 5.56 Å². The lowest BCUT2D eigenvalue weighted by molar-refractivity contribution is 0.606. The summed E-state index contributed by atoms with van der Waals surface area (Å²) in [6, 6.07) is 2.95. The Morgan fingerprint density at radius 2 is 2.25 bits per heavy atom. The Hall–Kier alpha value is -1.82. The predicted octanol–water partition coefficient (Wildman–Crippen LogP) is 0.790. The second-order valence-electron chi connectivity index (χ2n) is 3.47. The molecule has 0 aliphatic rings. The van der Waals surface area contributed by atoms with Crippen molar-refractivity contribution in [3.05, 3.63) is 49.3 Å². The van der Waals surface area contributed by atoms with E-state index in [4.69, 9.17) is 5.73 Å². The van der Waals surface area contributed by atoms with Gasteiger partial charge in [0.2, 0.25) is 0 Å². The summed E-state index contributed by atoms with van der Waals surface area (Å²) in [7, 11) is 0. The minimum atomic E-state index is -0.483. The SMILES string of the molecule is CC(c1ccsc1)n1c(N)cc(=O)[nH]c1=O. The van der Waals surface area contributed by atoms with E-state index in [0.29, 0.717) is 0 Å². The van der Waals surface area contributed by atoms with Crippen LogP contribution in [0.3, 0.4) is 0 Å². The molecule has 2 aromatic rings. The number of H-pyrrole nitrogens is 1. The van der Waals surface area contributed by atoms with E-state index in [2.05, 4.69) is 4.98 Å². The summed E-state index contributed by atoms with van der Waals surface area (Å²) in [5.74, 6) is 0.174. The van der Waals surface area contributed by atoms with Gasteiger partial charge in [-0.25, -0.2) is 4.79 Å². The van der Waals surface area contributed by atoms with Gasteiger partial charge in [0.15, 0.2) is 0 Å². The molecule has 2 heterocycles. The Morgan fingerprint density at radius 1 is 1.50 bits per heavy atom. The number of aromatic nitrogens is 2. The smallest absolute Gasteiger partial charge is 0.330 e. The van der Waals surface area contributed by atoms with Gasteiger partial charge in [0.05, 0.1) is 6.04 Å². The van der Waals surface area contributed by atoms with Crippen LogP contribution in [0.1, 0.15) is 18.5 Å². The summed E-state index contributed by atoms with van der Waals surface area (Å²) in [6.45, 7) is 1.86. The van der Waals surface area contributed by atoms with E-state index in [9.17, 15) is 9.59 Å². The largest absolute Gasteiger partial charge is 0.385 e. The Balaban J connectivity index is 2.57. The van der Waals surface area contributed by atoms with Gasteiger partial charge in [-0.05, 0) is 29.3 Å². The van der Waals surface area contributed by atoms with E-state index in [0.717, 1.165) is 5.56 Å². The first kappa shape index (κ1) is 10.7. The highest BCUT2D eigenvalue weighted by molar-refractivity contribution is 7.07. The van der Waals surface area contributed by atoms with Gasteiger partial charge in [0, 0.05) is 6.07 Å². The van der Waals surface area contributed by atoms with Crippen LogP contribution in [0.15, 0.2) is 32.5 Å². The van der Waals surface area contributed by atoms with E-state index in [1.165, 1.54) is 10.6 Å². The van der Waals surface area contributed by atoms with E-state index in [1.807, 2.05) is 23.8 Å². The van der Waals surface area contributed by atoms with Gasteiger partial charge < -0.3 is 5.73 Å². The Bertz CT molecular complexity index is 597. The molecule has 0 bridgehead atoms. The third kappa shape index (κ3) is 1.79. The van der Waals surface area contributed by atoms with Crippen LogP contribution in [0, 0.1) is 0 Å². The molecule has 2 aromatic heterocycles. The topological polar surface area (TPSA) is 80.9 Å². The van der Waals surface area contributed by atoms with Crippen molar-refractivity contribution in [2.75, 3.05) is 5.73 Å². The quantitative estimate of drug-likeness (QED) is 0.810. The fourth-order valence-corrected chi connectivity index (χ4v) is 2.33. The van der Waals surface area contributed by atoms with Crippen LogP contribution < -0.4 is 17.0 Å². The molecule has 1 unspecified atom stereocenters. The zero-order chi connectivity index (χ0) is 11.7. The second-order valence-corrected chi connectivity index (χ2v) is 4.25. The molecule has 5 nitrogen and oxygen atoms in total. The maximum atomic E-state index is 11.6.